The molecule has 2 aromatic rings. The average molecular weight is 270 g/mol. The fourth-order valence-corrected chi connectivity index (χ4v) is 1.10. The van der Waals surface area contributed by atoms with Crippen molar-refractivity contribution in [3.05, 3.63) is 34.6 Å². The van der Waals surface area contributed by atoms with Crippen molar-refractivity contribution in [2.75, 3.05) is 0 Å². The SMILES string of the molecule is O=c1[nH]nc(O)c2ccccc12.[Ag]. The summed E-state index contributed by atoms with van der Waals surface area (Å²) >= 11 is 0. The van der Waals surface area contributed by atoms with Crippen LogP contribution in [0, 0.1) is 0 Å². The van der Waals surface area contributed by atoms with Crippen LogP contribution in [0.25, 0.3) is 10.8 Å². The molecule has 0 fully saturated rings. The molecular weight excluding hydrogens is 264 g/mol. The van der Waals surface area contributed by atoms with Crippen molar-refractivity contribution in [1.82, 2.24) is 10.2 Å². The average Bonchev–Trinajstić information content (AvgIpc) is 2.12. The van der Waals surface area contributed by atoms with E-state index in [1.807, 2.05) is 0 Å². The summed E-state index contributed by atoms with van der Waals surface area (Å²) in [6, 6.07) is 6.75. The molecular formula is C8H6AgN2O2. The third kappa shape index (κ3) is 1.65. The first-order chi connectivity index (χ1) is 5.79. The van der Waals surface area contributed by atoms with Crippen LogP contribution >= 0.6 is 0 Å². The Balaban J connectivity index is 0.000000845. The van der Waals surface area contributed by atoms with Gasteiger partial charge in [0.2, 0.25) is 5.88 Å². The van der Waals surface area contributed by atoms with E-state index in [-0.39, 0.29) is 33.8 Å². The first-order valence-electron chi connectivity index (χ1n) is 3.45. The predicted octanol–water partition coefficient (Wildman–Crippen LogP) is 0.626. The summed E-state index contributed by atoms with van der Waals surface area (Å²) < 4.78 is 0. The maximum atomic E-state index is 11.1. The molecule has 1 aromatic heterocycles. The number of H-pyrrole nitrogens is 1. The molecule has 0 saturated heterocycles. The molecule has 1 radical (unpaired) electrons. The van der Waals surface area contributed by atoms with E-state index < -0.39 is 0 Å². The van der Waals surface area contributed by atoms with E-state index in [0.717, 1.165) is 0 Å². The number of nitrogens with zero attached hydrogens (tertiary/aromatic N) is 1. The zero-order valence-electron chi connectivity index (χ0n) is 6.41. The molecule has 0 aliphatic carbocycles. The standard InChI is InChI=1S/C8H6N2O2.Ag/c11-7-5-3-1-2-4-6(5)8(12)10-9-7;/h1-4H,(H,9,11)(H,10,12);. The van der Waals surface area contributed by atoms with Crippen LogP contribution in [0.1, 0.15) is 0 Å². The molecule has 0 bridgehead atoms. The number of hydrogen-bond donors (Lipinski definition) is 2. The monoisotopic (exact) mass is 269 g/mol. The Morgan fingerprint density at radius 3 is 2.46 bits per heavy atom. The number of hydrogen-bond acceptors (Lipinski definition) is 3. The summed E-state index contributed by atoms with van der Waals surface area (Å²) in [6.07, 6.45) is 0. The second-order valence-electron chi connectivity index (χ2n) is 2.42. The van der Waals surface area contributed by atoms with Crippen LogP contribution in [-0.2, 0) is 22.4 Å². The van der Waals surface area contributed by atoms with Gasteiger partial charge in [-0.15, -0.1) is 5.10 Å². The normalized spacial score (nSPS) is 9.54. The van der Waals surface area contributed by atoms with E-state index in [4.69, 9.17) is 0 Å². The van der Waals surface area contributed by atoms with Gasteiger partial charge in [-0.2, -0.15) is 0 Å². The first-order valence-corrected chi connectivity index (χ1v) is 3.45. The quantitative estimate of drug-likeness (QED) is 0.690. The maximum Gasteiger partial charge on any atom is 0.272 e. The fourth-order valence-electron chi connectivity index (χ4n) is 1.10. The summed E-state index contributed by atoms with van der Waals surface area (Å²) in [5.74, 6) is -0.148. The Kier molecular flexibility index (Phi) is 2.87. The smallest absolute Gasteiger partial charge is 0.272 e. The molecule has 0 saturated carbocycles. The van der Waals surface area contributed by atoms with Crippen LogP contribution in [0.3, 0.4) is 0 Å². The van der Waals surface area contributed by atoms with Gasteiger partial charge in [0.1, 0.15) is 0 Å². The van der Waals surface area contributed by atoms with Crippen LogP contribution < -0.4 is 5.56 Å². The summed E-state index contributed by atoms with van der Waals surface area (Å²) in [5, 5.41) is 15.7. The molecule has 0 amide bonds. The maximum absolute atomic E-state index is 11.1. The summed E-state index contributed by atoms with van der Waals surface area (Å²) in [5.41, 5.74) is -0.289. The minimum Gasteiger partial charge on any atom is -0.492 e. The molecule has 0 atom stereocenters. The van der Waals surface area contributed by atoms with Gasteiger partial charge in [-0.05, 0) is 12.1 Å². The number of aromatic amines is 1. The van der Waals surface area contributed by atoms with E-state index >= 15 is 0 Å². The third-order valence-electron chi connectivity index (χ3n) is 1.68. The Bertz CT molecular complexity index is 481. The van der Waals surface area contributed by atoms with E-state index in [1.165, 1.54) is 0 Å². The Labute approximate surface area is 89.1 Å². The summed E-state index contributed by atoms with van der Waals surface area (Å²) in [7, 11) is 0. The first kappa shape index (κ1) is 9.98. The number of aromatic hydroxyl groups is 1. The van der Waals surface area contributed by atoms with Gasteiger partial charge in [0.15, 0.2) is 0 Å². The molecule has 4 nitrogen and oxygen atoms in total. The van der Waals surface area contributed by atoms with E-state index in [2.05, 4.69) is 10.2 Å². The van der Waals surface area contributed by atoms with Gasteiger partial charge < -0.3 is 5.11 Å². The van der Waals surface area contributed by atoms with Crippen LogP contribution in [0.4, 0.5) is 0 Å². The van der Waals surface area contributed by atoms with Crippen molar-refractivity contribution < 1.29 is 27.5 Å². The topological polar surface area (TPSA) is 66.0 Å². The molecule has 0 aliphatic rings. The second-order valence-corrected chi connectivity index (χ2v) is 2.42. The van der Waals surface area contributed by atoms with E-state index in [9.17, 15) is 9.90 Å². The Hall–Kier alpha value is -1.10. The Morgan fingerprint density at radius 2 is 1.85 bits per heavy atom. The molecule has 5 heteroatoms. The number of fused-ring (bicyclic) bond motifs is 1. The molecule has 2 N–H and O–H groups in total. The molecule has 1 heterocycles. The van der Waals surface area contributed by atoms with Crippen molar-refractivity contribution in [3.8, 4) is 5.88 Å². The Morgan fingerprint density at radius 1 is 1.23 bits per heavy atom. The van der Waals surface area contributed by atoms with Crippen LogP contribution in [0.5, 0.6) is 5.88 Å². The zero-order valence-corrected chi connectivity index (χ0v) is 7.90. The van der Waals surface area contributed by atoms with Crippen molar-refractivity contribution in [2.24, 2.45) is 0 Å². The minimum absolute atomic E-state index is 0. The molecule has 0 unspecified atom stereocenters. The van der Waals surface area contributed by atoms with Crippen molar-refractivity contribution >= 4 is 10.8 Å². The van der Waals surface area contributed by atoms with Gasteiger partial charge in [0, 0.05) is 22.4 Å². The van der Waals surface area contributed by atoms with Gasteiger partial charge in [-0.3, -0.25) is 4.79 Å². The van der Waals surface area contributed by atoms with Crippen LogP contribution in [0.2, 0.25) is 0 Å². The third-order valence-corrected chi connectivity index (χ3v) is 1.68. The number of benzene rings is 1. The predicted molar refractivity (Wildman–Crippen MR) is 44.0 cm³/mol. The van der Waals surface area contributed by atoms with Crippen LogP contribution in [-0.4, -0.2) is 15.3 Å². The van der Waals surface area contributed by atoms with Gasteiger partial charge >= 0.3 is 0 Å². The summed E-state index contributed by atoms with van der Waals surface area (Å²) in [4.78, 5) is 11.1. The van der Waals surface area contributed by atoms with Gasteiger partial charge in [-0.25, -0.2) is 5.10 Å². The minimum atomic E-state index is -0.289. The fraction of sp³-hybridized carbons (Fsp3) is 0. The number of nitrogens with one attached hydrogen (secondary N) is 1. The second kappa shape index (κ2) is 3.74. The largest absolute Gasteiger partial charge is 0.492 e. The van der Waals surface area contributed by atoms with Crippen molar-refractivity contribution in [1.29, 1.82) is 0 Å². The molecule has 13 heavy (non-hydrogen) atoms. The molecule has 0 spiro atoms. The van der Waals surface area contributed by atoms with Gasteiger partial charge in [-0.1, -0.05) is 12.1 Å². The van der Waals surface area contributed by atoms with Gasteiger partial charge in [0.25, 0.3) is 5.56 Å². The van der Waals surface area contributed by atoms with E-state index in [1.54, 1.807) is 24.3 Å². The summed E-state index contributed by atoms with van der Waals surface area (Å²) in [6.45, 7) is 0. The van der Waals surface area contributed by atoms with Gasteiger partial charge in [0.05, 0.1) is 10.8 Å². The zero-order chi connectivity index (χ0) is 8.55. The number of rotatable bonds is 0. The molecule has 1 aromatic carbocycles. The van der Waals surface area contributed by atoms with Crippen molar-refractivity contribution in [2.45, 2.75) is 0 Å². The molecule has 71 valence electrons. The van der Waals surface area contributed by atoms with Crippen LogP contribution in [0.15, 0.2) is 29.1 Å². The molecule has 2 rings (SSSR count). The molecule has 0 aliphatic heterocycles. The number of aromatic nitrogens is 2. The van der Waals surface area contributed by atoms with E-state index in [0.29, 0.717) is 10.8 Å². The van der Waals surface area contributed by atoms with Crippen molar-refractivity contribution in [3.63, 3.8) is 0 Å².